The molecule has 0 spiro atoms. The Balaban J connectivity index is 1.70. The Labute approximate surface area is 173 Å². The summed E-state index contributed by atoms with van der Waals surface area (Å²) in [6.45, 7) is 1.80. The fraction of sp³-hybridized carbons (Fsp3) is 0.0476. The Bertz CT molecular complexity index is 1340. The van der Waals surface area contributed by atoms with Crippen LogP contribution in [0.2, 0.25) is 5.02 Å². The van der Waals surface area contributed by atoms with Crippen LogP contribution in [0.4, 0.5) is 0 Å². The van der Waals surface area contributed by atoms with E-state index in [4.69, 9.17) is 21.5 Å². The summed E-state index contributed by atoms with van der Waals surface area (Å²) in [5, 5.41) is 5.76. The number of hydrogen-bond acceptors (Lipinski definition) is 5. The summed E-state index contributed by atoms with van der Waals surface area (Å²) in [4.78, 5) is 9.06. The molecule has 0 unspecified atom stereocenters. The molecule has 2 N–H and O–H groups in total. The van der Waals surface area contributed by atoms with Crippen LogP contribution in [0.3, 0.4) is 0 Å². The van der Waals surface area contributed by atoms with Crippen LogP contribution in [-0.2, 0) is 10.0 Å². The number of para-hydroxylation sites is 1. The largest absolute Gasteiger partial charge is 0.437 e. The number of sulfonamides is 1. The molecule has 0 amide bonds. The lowest BCUT2D eigenvalue weighted by atomic mass is 10.1. The zero-order valence-electron chi connectivity index (χ0n) is 15.3. The molecule has 1 aromatic heterocycles. The van der Waals surface area contributed by atoms with E-state index in [0.717, 1.165) is 5.56 Å². The predicted octanol–water partition coefficient (Wildman–Crippen LogP) is 4.70. The van der Waals surface area contributed by atoms with E-state index in [1.54, 1.807) is 43.3 Å². The van der Waals surface area contributed by atoms with Gasteiger partial charge in [-0.1, -0.05) is 41.9 Å². The Kier molecular flexibility index (Phi) is 4.96. The normalized spacial score (nSPS) is 11.6. The molecule has 0 aliphatic rings. The zero-order chi connectivity index (χ0) is 20.6. The van der Waals surface area contributed by atoms with Gasteiger partial charge >= 0.3 is 0 Å². The van der Waals surface area contributed by atoms with Gasteiger partial charge in [0.15, 0.2) is 0 Å². The SMILES string of the molecule is Cc1nc2c(Cl)cccc2nc1Oc1cccc(-c2cccc(S(N)(=O)=O)c2)c1. The molecule has 1 heterocycles. The van der Waals surface area contributed by atoms with E-state index in [2.05, 4.69) is 9.97 Å². The van der Waals surface area contributed by atoms with E-state index < -0.39 is 10.0 Å². The summed E-state index contributed by atoms with van der Waals surface area (Å²) in [6, 6.07) is 19.1. The van der Waals surface area contributed by atoms with Gasteiger partial charge in [0.05, 0.1) is 15.4 Å². The Morgan fingerprint density at radius 1 is 0.931 bits per heavy atom. The maximum Gasteiger partial charge on any atom is 0.241 e. The fourth-order valence-electron chi connectivity index (χ4n) is 2.91. The molecule has 0 bridgehead atoms. The molecule has 0 saturated carbocycles. The number of halogens is 1. The van der Waals surface area contributed by atoms with Crippen molar-refractivity contribution in [3.8, 4) is 22.8 Å². The van der Waals surface area contributed by atoms with Crippen LogP contribution in [0.1, 0.15) is 5.69 Å². The van der Waals surface area contributed by atoms with Crippen molar-refractivity contribution in [2.24, 2.45) is 5.14 Å². The van der Waals surface area contributed by atoms with E-state index in [1.807, 2.05) is 18.2 Å². The fourth-order valence-corrected chi connectivity index (χ4v) is 3.68. The van der Waals surface area contributed by atoms with Crippen LogP contribution in [0.15, 0.2) is 71.6 Å². The third-order valence-electron chi connectivity index (χ3n) is 4.32. The smallest absolute Gasteiger partial charge is 0.241 e. The molecule has 6 nitrogen and oxygen atoms in total. The van der Waals surface area contributed by atoms with Crippen molar-refractivity contribution in [3.63, 3.8) is 0 Å². The highest BCUT2D eigenvalue weighted by atomic mass is 35.5. The van der Waals surface area contributed by atoms with Gasteiger partial charge in [0.1, 0.15) is 17.0 Å². The van der Waals surface area contributed by atoms with Gasteiger partial charge < -0.3 is 4.74 Å². The van der Waals surface area contributed by atoms with Crippen LogP contribution in [-0.4, -0.2) is 18.4 Å². The quantitative estimate of drug-likeness (QED) is 0.511. The summed E-state index contributed by atoms with van der Waals surface area (Å²) in [5.41, 5.74) is 3.34. The van der Waals surface area contributed by atoms with Crippen molar-refractivity contribution in [1.29, 1.82) is 0 Å². The van der Waals surface area contributed by atoms with Gasteiger partial charge in [0.2, 0.25) is 15.9 Å². The molecule has 0 atom stereocenters. The summed E-state index contributed by atoms with van der Waals surface area (Å²) in [5.74, 6) is 0.914. The van der Waals surface area contributed by atoms with Crippen molar-refractivity contribution in [3.05, 3.63) is 77.4 Å². The lowest BCUT2D eigenvalue weighted by Gasteiger charge is -2.11. The second-order valence-corrected chi connectivity index (χ2v) is 8.39. The van der Waals surface area contributed by atoms with E-state index >= 15 is 0 Å². The molecule has 0 aliphatic heterocycles. The highest BCUT2D eigenvalue weighted by Crippen LogP contribution is 2.30. The summed E-state index contributed by atoms with van der Waals surface area (Å²) in [7, 11) is -3.78. The number of aromatic nitrogens is 2. The lowest BCUT2D eigenvalue weighted by molar-refractivity contribution is 0.458. The number of primary sulfonamides is 1. The van der Waals surface area contributed by atoms with Gasteiger partial charge in [0, 0.05) is 0 Å². The van der Waals surface area contributed by atoms with Gasteiger partial charge in [0.25, 0.3) is 0 Å². The molecule has 0 radical (unpaired) electrons. The minimum absolute atomic E-state index is 0.0504. The number of ether oxygens (including phenoxy) is 1. The average molecular weight is 426 g/mol. The first kappa shape index (κ1) is 19.3. The van der Waals surface area contributed by atoms with Gasteiger partial charge in [-0.3, -0.25) is 0 Å². The number of aryl methyl sites for hydroxylation is 1. The van der Waals surface area contributed by atoms with Crippen molar-refractivity contribution < 1.29 is 13.2 Å². The first-order valence-electron chi connectivity index (χ1n) is 8.65. The van der Waals surface area contributed by atoms with Crippen molar-refractivity contribution in [2.45, 2.75) is 11.8 Å². The number of hydrogen-bond donors (Lipinski definition) is 1. The second-order valence-electron chi connectivity index (χ2n) is 6.42. The Hall–Kier alpha value is -3.00. The minimum Gasteiger partial charge on any atom is -0.437 e. The summed E-state index contributed by atoms with van der Waals surface area (Å²) in [6.07, 6.45) is 0. The van der Waals surface area contributed by atoms with Crippen LogP contribution in [0, 0.1) is 6.92 Å². The molecule has 4 aromatic rings. The molecular weight excluding hydrogens is 410 g/mol. The number of nitrogens with two attached hydrogens (primary N) is 1. The third kappa shape index (κ3) is 4.07. The first-order chi connectivity index (χ1) is 13.8. The van der Waals surface area contributed by atoms with Gasteiger partial charge in [-0.2, -0.15) is 0 Å². The standard InChI is InChI=1S/C21H16ClN3O3S/c1-13-21(25-19-10-4-9-18(22)20(19)24-13)28-16-7-2-5-14(11-16)15-6-3-8-17(12-15)29(23,26)27/h2-12H,1H3,(H2,23,26,27). The summed E-state index contributed by atoms with van der Waals surface area (Å²) >= 11 is 6.18. The first-order valence-corrected chi connectivity index (χ1v) is 10.6. The van der Waals surface area contributed by atoms with E-state index in [-0.39, 0.29) is 4.90 Å². The molecule has 0 fully saturated rings. The van der Waals surface area contributed by atoms with Gasteiger partial charge in [-0.05, 0) is 54.4 Å². The zero-order valence-corrected chi connectivity index (χ0v) is 16.9. The molecule has 4 rings (SSSR count). The second kappa shape index (κ2) is 7.44. The van der Waals surface area contributed by atoms with E-state index in [1.165, 1.54) is 12.1 Å². The molecule has 3 aromatic carbocycles. The van der Waals surface area contributed by atoms with Crippen LogP contribution < -0.4 is 9.88 Å². The number of nitrogens with zero attached hydrogens (tertiary/aromatic N) is 2. The van der Waals surface area contributed by atoms with Gasteiger partial charge in [-0.25, -0.2) is 23.5 Å². The average Bonchev–Trinajstić information content (AvgIpc) is 2.69. The van der Waals surface area contributed by atoms with Crippen LogP contribution in [0.5, 0.6) is 11.6 Å². The molecule has 146 valence electrons. The molecule has 0 aliphatic carbocycles. The minimum atomic E-state index is -3.78. The topological polar surface area (TPSA) is 95.2 Å². The highest BCUT2D eigenvalue weighted by molar-refractivity contribution is 7.89. The number of rotatable bonds is 4. The maximum atomic E-state index is 11.6. The number of benzene rings is 3. The van der Waals surface area contributed by atoms with E-state index in [0.29, 0.717) is 38.9 Å². The van der Waals surface area contributed by atoms with Crippen molar-refractivity contribution in [2.75, 3.05) is 0 Å². The van der Waals surface area contributed by atoms with Crippen molar-refractivity contribution in [1.82, 2.24) is 9.97 Å². The summed E-state index contributed by atoms with van der Waals surface area (Å²) < 4.78 is 29.2. The van der Waals surface area contributed by atoms with Crippen molar-refractivity contribution >= 4 is 32.7 Å². The number of fused-ring (bicyclic) bond motifs is 1. The third-order valence-corrected chi connectivity index (χ3v) is 5.54. The maximum absolute atomic E-state index is 11.6. The van der Waals surface area contributed by atoms with Gasteiger partial charge in [-0.15, -0.1) is 0 Å². The van der Waals surface area contributed by atoms with Crippen LogP contribution >= 0.6 is 11.6 Å². The van der Waals surface area contributed by atoms with Crippen LogP contribution in [0.25, 0.3) is 22.2 Å². The Morgan fingerprint density at radius 2 is 1.62 bits per heavy atom. The molecule has 29 heavy (non-hydrogen) atoms. The predicted molar refractivity (Wildman–Crippen MR) is 113 cm³/mol. The molecule has 0 saturated heterocycles. The highest BCUT2D eigenvalue weighted by Gasteiger charge is 2.12. The lowest BCUT2D eigenvalue weighted by Crippen LogP contribution is -2.11. The van der Waals surface area contributed by atoms with E-state index in [9.17, 15) is 8.42 Å². The monoisotopic (exact) mass is 425 g/mol. The molecule has 8 heteroatoms. The Morgan fingerprint density at radius 3 is 2.38 bits per heavy atom. The molecular formula is C21H16ClN3O3S.